The monoisotopic (exact) mass is 312 g/mol. The topological polar surface area (TPSA) is 42.0 Å². The molecule has 3 nitrogen and oxygen atoms in total. The SMILES string of the molecule is O=C(Nc1nc2c(s1)Cc1ccccc1-2)C1CCCCCC1. The van der Waals surface area contributed by atoms with Gasteiger partial charge in [0.2, 0.25) is 5.91 Å². The fraction of sp³-hybridized carbons (Fsp3) is 0.444. The summed E-state index contributed by atoms with van der Waals surface area (Å²) in [5.74, 6) is 0.344. The lowest BCUT2D eigenvalue weighted by atomic mass is 10.00. The Morgan fingerprint density at radius 1 is 1.14 bits per heavy atom. The summed E-state index contributed by atoms with van der Waals surface area (Å²) in [4.78, 5) is 18.4. The molecule has 0 unspecified atom stereocenters. The van der Waals surface area contributed by atoms with E-state index in [1.165, 1.54) is 41.7 Å². The Morgan fingerprint density at radius 2 is 1.91 bits per heavy atom. The Hall–Kier alpha value is -1.68. The van der Waals surface area contributed by atoms with E-state index in [4.69, 9.17) is 0 Å². The van der Waals surface area contributed by atoms with Gasteiger partial charge in [-0.2, -0.15) is 0 Å². The minimum Gasteiger partial charge on any atom is -0.302 e. The summed E-state index contributed by atoms with van der Waals surface area (Å²) in [5.41, 5.74) is 3.64. The van der Waals surface area contributed by atoms with E-state index in [0.29, 0.717) is 0 Å². The van der Waals surface area contributed by atoms with E-state index in [0.717, 1.165) is 30.1 Å². The number of thiazole rings is 1. The molecule has 0 spiro atoms. The van der Waals surface area contributed by atoms with Crippen molar-refractivity contribution in [1.82, 2.24) is 4.98 Å². The van der Waals surface area contributed by atoms with E-state index in [1.807, 2.05) is 0 Å². The summed E-state index contributed by atoms with van der Waals surface area (Å²) in [7, 11) is 0. The molecule has 4 heteroatoms. The largest absolute Gasteiger partial charge is 0.302 e. The first-order valence-corrected chi connectivity index (χ1v) is 9.02. The van der Waals surface area contributed by atoms with Crippen LogP contribution >= 0.6 is 11.3 Å². The summed E-state index contributed by atoms with van der Waals surface area (Å²) in [6.45, 7) is 0. The van der Waals surface area contributed by atoms with Crippen molar-refractivity contribution in [2.45, 2.75) is 44.9 Å². The number of nitrogens with zero attached hydrogens (tertiary/aromatic N) is 1. The predicted octanol–water partition coefficient (Wildman–Crippen LogP) is 4.62. The van der Waals surface area contributed by atoms with Crippen molar-refractivity contribution in [2.75, 3.05) is 5.32 Å². The first-order chi connectivity index (χ1) is 10.8. The third kappa shape index (κ3) is 2.56. The van der Waals surface area contributed by atoms with Crippen LogP contribution in [0.2, 0.25) is 0 Å². The Balaban J connectivity index is 1.50. The quantitative estimate of drug-likeness (QED) is 0.701. The van der Waals surface area contributed by atoms with Crippen LogP contribution in [-0.2, 0) is 11.2 Å². The molecule has 22 heavy (non-hydrogen) atoms. The van der Waals surface area contributed by atoms with Gasteiger partial charge < -0.3 is 5.32 Å². The van der Waals surface area contributed by atoms with Gasteiger partial charge in [-0.05, 0) is 18.4 Å². The molecular weight excluding hydrogens is 292 g/mol. The molecule has 4 rings (SSSR count). The van der Waals surface area contributed by atoms with Crippen molar-refractivity contribution in [2.24, 2.45) is 5.92 Å². The van der Waals surface area contributed by atoms with Crippen LogP contribution in [-0.4, -0.2) is 10.9 Å². The normalized spacial score (nSPS) is 17.6. The summed E-state index contributed by atoms with van der Waals surface area (Å²) in [6.07, 6.45) is 7.90. The number of hydrogen-bond acceptors (Lipinski definition) is 3. The van der Waals surface area contributed by atoms with Crippen LogP contribution in [0.25, 0.3) is 11.3 Å². The second kappa shape index (κ2) is 5.84. The molecule has 1 fully saturated rings. The van der Waals surface area contributed by atoms with E-state index in [9.17, 15) is 4.79 Å². The van der Waals surface area contributed by atoms with Crippen molar-refractivity contribution >= 4 is 22.4 Å². The maximum atomic E-state index is 12.4. The van der Waals surface area contributed by atoms with E-state index >= 15 is 0 Å². The molecule has 0 aliphatic heterocycles. The highest BCUT2D eigenvalue weighted by molar-refractivity contribution is 7.16. The number of amides is 1. The molecular formula is C18H20N2OS. The minimum absolute atomic E-state index is 0.169. The molecule has 1 amide bonds. The number of rotatable bonds is 2. The lowest BCUT2D eigenvalue weighted by molar-refractivity contribution is -0.120. The van der Waals surface area contributed by atoms with Crippen LogP contribution in [0.5, 0.6) is 0 Å². The van der Waals surface area contributed by atoms with Crippen molar-refractivity contribution in [3.05, 3.63) is 34.7 Å². The van der Waals surface area contributed by atoms with Crippen LogP contribution in [0.1, 0.15) is 49.0 Å². The number of carbonyl (C=O) groups is 1. The van der Waals surface area contributed by atoms with Gasteiger partial charge in [0.1, 0.15) is 0 Å². The smallest absolute Gasteiger partial charge is 0.229 e. The number of anilines is 1. The number of benzene rings is 1. The number of fused-ring (bicyclic) bond motifs is 3. The standard InChI is InChI=1S/C18H20N2OS/c21-17(12-7-3-1-2-4-8-12)20-18-19-16-14-10-6-5-9-13(14)11-15(16)22-18/h5-6,9-10,12H,1-4,7-8,11H2,(H,19,20,21). The third-order valence-electron chi connectivity index (χ3n) is 4.78. The summed E-state index contributed by atoms with van der Waals surface area (Å²) < 4.78 is 0. The van der Waals surface area contributed by atoms with Crippen LogP contribution in [0.4, 0.5) is 5.13 Å². The molecule has 0 saturated heterocycles. The molecule has 1 aromatic carbocycles. The molecule has 1 N–H and O–H groups in total. The first-order valence-electron chi connectivity index (χ1n) is 8.20. The Kier molecular flexibility index (Phi) is 3.70. The van der Waals surface area contributed by atoms with Crippen LogP contribution in [0.3, 0.4) is 0 Å². The molecule has 0 bridgehead atoms. The molecule has 114 valence electrons. The van der Waals surface area contributed by atoms with Crippen LogP contribution < -0.4 is 5.32 Å². The molecule has 2 aliphatic carbocycles. The fourth-order valence-electron chi connectivity index (χ4n) is 3.56. The lowest BCUT2D eigenvalue weighted by Gasteiger charge is -2.12. The van der Waals surface area contributed by atoms with Gasteiger partial charge in [-0.1, -0.05) is 49.9 Å². The van der Waals surface area contributed by atoms with Gasteiger partial charge in [0, 0.05) is 22.8 Å². The van der Waals surface area contributed by atoms with Gasteiger partial charge in [-0.3, -0.25) is 4.79 Å². The second-order valence-corrected chi connectivity index (χ2v) is 7.39. The predicted molar refractivity (Wildman–Crippen MR) is 90.2 cm³/mol. The Bertz CT molecular complexity index is 699. The number of hydrogen-bond donors (Lipinski definition) is 1. The van der Waals surface area contributed by atoms with Gasteiger partial charge in [-0.25, -0.2) is 4.98 Å². The maximum Gasteiger partial charge on any atom is 0.229 e. The van der Waals surface area contributed by atoms with Crippen LogP contribution in [0.15, 0.2) is 24.3 Å². The average molecular weight is 312 g/mol. The molecule has 1 heterocycles. The summed E-state index contributed by atoms with van der Waals surface area (Å²) in [6, 6.07) is 8.41. The van der Waals surface area contributed by atoms with Gasteiger partial charge in [-0.15, -0.1) is 11.3 Å². The molecule has 0 radical (unpaired) electrons. The van der Waals surface area contributed by atoms with Crippen molar-refractivity contribution in [3.8, 4) is 11.3 Å². The minimum atomic E-state index is 0.169. The molecule has 2 aliphatic rings. The zero-order chi connectivity index (χ0) is 14.9. The van der Waals surface area contributed by atoms with E-state index in [1.54, 1.807) is 11.3 Å². The molecule has 0 atom stereocenters. The lowest BCUT2D eigenvalue weighted by Crippen LogP contribution is -2.22. The highest BCUT2D eigenvalue weighted by Gasteiger charge is 2.25. The first kappa shape index (κ1) is 13.9. The summed E-state index contributed by atoms with van der Waals surface area (Å²) >= 11 is 1.63. The average Bonchev–Trinajstić information content (AvgIpc) is 2.92. The van der Waals surface area contributed by atoms with Crippen molar-refractivity contribution in [3.63, 3.8) is 0 Å². The van der Waals surface area contributed by atoms with Crippen molar-refractivity contribution < 1.29 is 4.79 Å². The molecule has 1 saturated carbocycles. The van der Waals surface area contributed by atoms with Crippen molar-refractivity contribution in [1.29, 1.82) is 0 Å². The van der Waals surface area contributed by atoms with E-state index in [2.05, 4.69) is 34.6 Å². The van der Waals surface area contributed by atoms with Gasteiger partial charge in [0.25, 0.3) is 0 Å². The number of carbonyl (C=O) groups excluding carboxylic acids is 1. The highest BCUT2D eigenvalue weighted by Crippen LogP contribution is 2.41. The van der Waals surface area contributed by atoms with E-state index < -0.39 is 0 Å². The summed E-state index contributed by atoms with van der Waals surface area (Å²) in [5, 5.41) is 3.84. The maximum absolute atomic E-state index is 12.4. The van der Waals surface area contributed by atoms with Crippen LogP contribution in [0, 0.1) is 5.92 Å². The zero-order valence-electron chi connectivity index (χ0n) is 12.6. The Morgan fingerprint density at radius 3 is 2.73 bits per heavy atom. The number of aromatic nitrogens is 1. The fourth-order valence-corrected chi connectivity index (χ4v) is 4.56. The van der Waals surface area contributed by atoms with Gasteiger partial charge in [0.15, 0.2) is 5.13 Å². The third-order valence-corrected chi connectivity index (χ3v) is 5.75. The molecule has 2 aromatic rings. The second-order valence-electron chi connectivity index (χ2n) is 6.30. The highest BCUT2D eigenvalue weighted by atomic mass is 32.1. The Labute approximate surface area is 134 Å². The van der Waals surface area contributed by atoms with E-state index in [-0.39, 0.29) is 11.8 Å². The zero-order valence-corrected chi connectivity index (χ0v) is 13.4. The number of nitrogens with one attached hydrogen (secondary N) is 1. The molecule has 1 aromatic heterocycles. The van der Waals surface area contributed by atoms with Gasteiger partial charge in [0.05, 0.1) is 5.69 Å². The van der Waals surface area contributed by atoms with Gasteiger partial charge >= 0.3 is 0 Å².